The summed E-state index contributed by atoms with van der Waals surface area (Å²) in [5.74, 6) is 1.22. The summed E-state index contributed by atoms with van der Waals surface area (Å²) in [6.45, 7) is 2.08. The van der Waals surface area contributed by atoms with E-state index in [0.717, 1.165) is 32.4 Å². The van der Waals surface area contributed by atoms with Gasteiger partial charge in [0.15, 0.2) is 0 Å². The van der Waals surface area contributed by atoms with Crippen LogP contribution in [-0.2, 0) is 6.42 Å². The Hall–Kier alpha value is -1.46. The Morgan fingerprint density at radius 2 is 2.15 bits per heavy atom. The summed E-state index contributed by atoms with van der Waals surface area (Å²) in [7, 11) is 0. The van der Waals surface area contributed by atoms with Crippen LogP contribution in [-0.4, -0.2) is 23.2 Å². The molecule has 6 heteroatoms. The van der Waals surface area contributed by atoms with E-state index in [0.29, 0.717) is 23.2 Å². The molecule has 0 saturated carbocycles. The smallest absolute Gasteiger partial charge is 0.227 e. The molecule has 1 aliphatic heterocycles. The summed E-state index contributed by atoms with van der Waals surface area (Å²) < 4.78 is 18.4. The number of halogens is 2. The van der Waals surface area contributed by atoms with Crippen molar-refractivity contribution in [3.63, 3.8) is 0 Å². The number of aromatic nitrogens is 2. The molecule has 4 nitrogen and oxygen atoms in total. The van der Waals surface area contributed by atoms with Gasteiger partial charge in [-0.3, -0.25) is 0 Å². The summed E-state index contributed by atoms with van der Waals surface area (Å²) >= 11 is 5.76. The lowest BCUT2D eigenvalue weighted by Gasteiger charge is -2.20. The van der Waals surface area contributed by atoms with Crippen molar-refractivity contribution in [2.24, 2.45) is 5.92 Å². The predicted molar refractivity (Wildman–Crippen MR) is 74.0 cm³/mol. The summed E-state index contributed by atoms with van der Waals surface area (Å²) in [6.07, 6.45) is 3.05. The first kappa shape index (κ1) is 13.5. The second kappa shape index (κ2) is 5.89. The number of rotatable bonds is 3. The molecular formula is C14H15ClFN3O. The standard InChI is InChI=1S/C14H15ClFN3O/c15-11-8-10(1-2-12(11)16)14-18-13(20-19-14)7-9-3-5-17-6-4-9/h1-2,8-9,17H,3-7H2. The Morgan fingerprint density at radius 1 is 1.35 bits per heavy atom. The summed E-state index contributed by atoms with van der Waals surface area (Å²) in [6, 6.07) is 4.41. The first-order valence-corrected chi connectivity index (χ1v) is 7.09. The van der Waals surface area contributed by atoms with E-state index < -0.39 is 5.82 Å². The molecule has 1 aromatic heterocycles. The molecule has 1 fully saturated rings. The summed E-state index contributed by atoms with van der Waals surface area (Å²) in [5.41, 5.74) is 0.664. The monoisotopic (exact) mass is 295 g/mol. The normalized spacial score (nSPS) is 16.5. The molecule has 0 unspecified atom stereocenters. The van der Waals surface area contributed by atoms with Crippen LogP contribution in [0.25, 0.3) is 11.4 Å². The third-order valence-corrected chi connectivity index (χ3v) is 3.86. The SMILES string of the molecule is Fc1ccc(-c2noc(CC3CCNCC3)n2)cc1Cl. The Labute approximate surface area is 121 Å². The minimum atomic E-state index is -0.450. The van der Waals surface area contributed by atoms with E-state index in [-0.39, 0.29) is 5.02 Å². The van der Waals surface area contributed by atoms with Crippen molar-refractivity contribution in [3.05, 3.63) is 34.9 Å². The molecule has 20 heavy (non-hydrogen) atoms. The Balaban J connectivity index is 1.73. The van der Waals surface area contributed by atoms with Crippen molar-refractivity contribution in [1.29, 1.82) is 0 Å². The van der Waals surface area contributed by atoms with E-state index >= 15 is 0 Å². The zero-order valence-electron chi connectivity index (χ0n) is 10.9. The van der Waals surface area contributed by atoms with Gasteiger partial charge in [0.2, 0.25) is 11.7 Å². The van der Waals surface area contributed by atoms with Crippen molar-refractivity contribution < 1.29 is 8.91 Å². The highest BCUT2D eigenvalue weighted by molar-refractivity contribution is 6.31. The van der Waals surface area contributed by atoms with E-state index in [1.54, 1.807) is 6.07 Å². The maximum absolute atomic E-state index is 13.1. The molecule has 0 bridgehead atoms. The molecular weight excluding hydrogens is 281 g/mol. The first-order valence-electron chi connectivity index (χ1n) is 6.71. The van der Waals surface area contributed by atoms with Crippen molar-refractivity contribution in [1.82, 2.24) is 15.5 Å². The van der Waals surface area contributed by atoms with Crippen molar-refractivity contribution in [3.8, 4) is 11.4 Å². The van der Waals surface area contributed by atoms with Gasteiger partial charge in [0.25, 0.3) is 0 Å². The largest absolute Gasteiger partial charge is 0.339 e. The average molecular weight is 296 g/mol. The van der Waals surface area contributed by atoms with Crippen LogP contribution in [0.4, 0.5) is 4.39 Å². The van der Waals surface area contributed by atoms with Crippen LogP contribution in [0.15, 0.2) is 22.7 Å². The zero-order chi connectivity index (χ0) is 13.9. The van der Waals surface area contributed by atoms with Crippen molar-refractivity contribution in [2.75, 3.05) is 13.1 Å². The maximum atomic E-state index is 13.1. The molecule has 2 aromatic rings. The van der Waals surface area contributed by atoms with Gasteiger partial charge in [-0.15, -0.1) is 0 Å². The first-order chi connectivity index (χ1) is 9.72. The van der Waals surface area contributed by atoms with E-state index in [9.17, 15) is 4.39 Å². The average Bonchev–Trinajstić information content (AvgIpc) is 2.91. The fourth-order valence-electron chi connectivity index (χ4n) is 2.42. The predicted octanol–water partition coefficient (Wildman–Crippen LogP) is 3.07. The minimum absolute atomic E-state index is 0.0622. The Bertz CT molecular complexity index is 596. The number of nitrogens with one attached hydrogen (secondary N) is 1. The topological polar surface area (TPSA) is 51.0 Å². The van der Waals surface area contributed by atoms with Gasteiger partial charge in [0.1, 0.15) is 5.82 Å². The fraction of sp³-hybridized carbons (Fsp3) is 0.429. The molecule has 0 radical (unpaired) electrons. The highest BCUT2D eigenvalue weighted by Gasteiger charge is 2.18. The quantitative estimate of drug-likeness (QED) is 0.945. The van der Waals surface area contributed by atoms with Crippen LogP contribution in [0.1, 0.15) is 18.7 Å². The number of piperidine rings is 1. The molecule has 1 aromatic carbocycles. The molecule has 3 rings (SSSR count). The van der Waals surface area contributed by atoms with Gasteiger partial charge < -0.3 is 9.84 Å². The molecule has 0 amide bonds. The van der Waals surface area contributed by atoms with E-state index in [2.05, 4.69) is 15.5 Å². The third kappa shape index (κ3) is 2.99. The number of hydrogen-bond acceptors (Lipinski definition) is 4. The van der Waals surface area contributed by atoms with Crippen LogP contribution in [0.3, 0.4) is 0 Å². The molecule has 1 N–H and O–H groups in total. The number of hydrogen-bond donors (Lipinski definition) is 1. The molecule has 1 saturated heterocycles. The van der Waals surface area contributed by atoms with Crippen LogP contribution in [0.2, 0.25) is 5.02 Å². The van der Waals surface area contributed by atoms with E-state index in [1.807, 2.05) is 0 Å². The number of nitrogens with zero attached hydrogens (tertiary/aromatic N) is 2. The second-order valence-corrected chi connectivity index (χ2v) is 5.45. The van der Waals surface area contributed by atoms with Gasteiger partial charge in [-0.1, -0.05) is 16.8 Å². The van der Waals surface area contributed by atoms with E-state index in [4.69, 9.17) is 16.1 Å². The zero-order valence-corrected chi connectivity index (χ0v) is 11.7. The summed E-state index contributed by atoms with van der Waals surface area (Å²) in [5, 5.41) is 7.33. The minimum Gasteiger partial charge on any atom is -0.339 e. The van der Waals surface area contributed by atoms with Gasteiger partial charge in [-0.25, -0.2) is 4.39 Å². The van der Waals surface area contributed by atoms with E-state index in [1.165, 1.54) is 12.1 Å². The fourth-order valence-corrected chi connectivity index (χ4v) is 2.60. The van der Waals surface area contributed by atoms with Gasteiger partial charge in [-0.2, -0.15) is 4.98 Å². The highest BCUT2D eigenvalue weighted by atomic mass is 35.5. The van der Waals surface area contributed by atoms with Gasteiger partial charge in [-0.05, 0) is 50.0 Å². The van der Waals surface area contributed by atoms with Crippen molar-refractivity contribution in [2.45, 2.75) is 19.3 Å². The summed E-state index contributed by atoms with van der Waals surface area (Å²) in [4.78, 5) is 4.37. The third-order valence-electron chi connectivity index (χ3n) is 3.57. The second-order valence-electron chi connectivity index (χ2n) is 5.04. The Kier molecular flexibility index (Phi) is 3.98. The van der Waals surface area contributed by atoms with Crippen LogP contribution in [0.5, 0.6) is 0 Å². The molecule has 2 heterocycles. The van der Waals surface area contributed by atoms with Gasteiger partial charge >= 0.3 is 0 Å². The van der Waals surface area contributed by atoms with Crippen LogP contribution in [0, 0.1) is 11.7 Å². The van der Waals surface area contributed by atoms with Crippen LogP contribution >= 0.6 is 11.6 Å². The van der Waals surface area contributed by atoms with Gasteiger partial charge in [0.05, 0.1) is 5.02 Å². The lowest BCUT2D eigenvalue weighted by Crippen LogP contribution is -2.28. The van der Waals surface area contributed by atoms with Crippen LogP contribution < -0.4 is 5.32 Å². The molecule has 106 valence electrons. The number of benzene rings is 1. The molecule has 0 atom stereocenters. The molecule has 1 aliphatic rings. The van der Waals surface area contributed by atoms with Crippen molar-refractivity contribution >= 4 is 11.6 Å². The lowest BCUT2D eigenvalue weighted by atomic mass is 9.95. The Morgan fingerprint density at radius 3 is 2.90 bits per heavy atom. The molecule has 0 spiro atoms. The molecule has 0 aliphatic carbocycles. The lowest BCUT2D eigenvalue weighted by molar-refractivity contribution is 0.313. The maximum Gasteiger partial charge on any atom is 0.227 e. The van der Waals surface area contributed by atoms with Gasteiger partial charge in [0, 0.05) is 12.0 Å². The highest BCUT2D eigenvalue weighted by Crippen LogP contribution is 2.24.